The van der Waals surface area contributed by atoms with Crippen LogP contribution >= 0.6 is 0 Å². The van der Waals surface area contributed by atoms with Gasteiger partial charge in [0.1, 0.15) is 12.2 Å². The monoisotopic (exact) mass is 487 g/mol. The van der Waals surface area contributed by atoms with Gasteiger partial charge in [0.2, 0.25) is 11.8 Å². The van der Waals surface area contributed by atoms with E-state index in [9.17, 15) is 9.59 Å². The SMILES string of the molecule is CCCCCOc1cnc(CCCc2ccccc2)c(=O)n1CC(=O)NCc1cc2cnccc2[nH]1. The number of aryl methyl sites for hydroxylation is 2. The first-order valence-electron chi connectivity index (χ1n) is 12.6. The second-order valence-electron chi connectivity index (χ2n) is 8.86. The summed E-state index contributed by atoms with van der Waals surface area (Å²) in [6.45, 7) is 2.80. The molecular weight excluding hydrogens is 454 g/mol. The van der Waals surface area contributed by atoms with Gasteiger partial charge in [-0.1, -0.05) is 50.1 Å². The molecule has 1 aromatic carbocycles. The number of nitrogens with one attached hydrogen (secondary N) is 2. The lowest BCUT2D eigenvalue weighted by molar-refractivity contribution is -0.122. The molecule has 0 aliphatic rings. The molecule has 2 N–H and O–H groups in total. The normalized spacial score (nSPS) is 11.0. The zero-order chi connectivity index (χ0) is 25.2. The van der Waals surface area contributed by atoms with Gasteiger partial charge in [-0.2, -0.15) is 0 Å². The highest BCUT2D eigenvalue weighted by Crippen LogP contribution is 2.14. The Morgan fingerprint density at radius 1 is 1.08 bits per heavy atom. The van der Waals surface area contributed by atoms with Crippen LogP contribution in [0.25, 0.3) is 10.9 Å². The predicted molar refractivity (Wildman–Crippen MR) is 140 cm³/mol. The maximum Gasteiger partial charge on any atom is 0.275 e. The third-order valence-electron chi connectivity index (χ3n) is 6.06. The van der Waals surface area contributed by atoms with Gasteiger partial charge >= 0.3 is 0 Å². The summed E-state index contributed by atoms with van der Waals surface area (Å²) >= 11 is 0. The van der Waals surface area contributed by atoms with Crippen molar-refractivity contribution in [2.45, 2.75) is 58.5 Å². The van der Waals surface area contributed by atoms with Crippen molar-refractivity contribution < 1.29 is 9.53 Å². The van der Waals surface area contributed by atoms with E-state index in [1.165, 1.54) is 10.1 Å². The maximum absolute atomic E-state index is 13.3. The summed E-state index contributed by atoms with van der Waals surface area (Å²) in [5.41, 5.74) is 3.22. The number of ether oxygens (including phenoxy) is 1. The fourth-order valence-corrected chi connectivity index (χ4v) is 4.10. The number of aromatic nitrogens is 4. The van der Waals surface area contributed by atoms with Crippen molar-refractivity contribution in [1.29, 1.82) is 0 Å². The second kappa shape index (κ2) is 12.7. The number of hydrogen-bond donors (Lipinski definition) is 2. The van der Waals surface area contributed by atoms with E-state index in [1.807, 2.05) is 30.3 Å². The van der Waals surface area contributed by atoms with Crippen molar-refractivity contribution in [3.63, 3.8) is 0 Å². The van der Waals surface area contributed by atoms with Crippen LogP contribution in [0.1, 0.15) is 49.6 Å². The number of amides is 1. The number of carbonyl (C=O) groups excluding carboxylic acids is 1. The Kier molecular flexibility index (Phi) is 8.86. The largest absolute Gasteiger partial charge is 0.478 e. The second-order valence-corrected chi connectivity index (χ2v) is 8.86. The number of pyridine rings is 1. The quantitative estimate of drug-likeness (QED) is 0.276. The van der Waals surface area contributed by atoms with Crippen LogP contribution in [-0.2, 0) is 30.7 Å². The minimum atomic E-state index is -0.275. The van der Waals surface area contributed by atoms with Crippen molar-refractivity contribution in [3.8, 4) is 5.88 Å². The molecule has 0 fully saturated rings. The first kappa shape index (κ1) is 25.2. The molecule has 8 heteroatoms. The van der Waals surface area contributed by atoms with Crippen molar-refractivity contribution in [3.05, 3.63) is 88.4 Å². The summed E-state index contributed by atoms with van der Waals surface area (Å²) in [7, 11) is 0. The van der Waals surface area contributed by atoms with Gasteiger partial charge in [-0.15, -0.1) is 0 Å². The van der Waals surface area contributed by atoms with Gasteiger partial charge in [0.25, 0.3) is 5.56 Å². The molecule has 1 amide bonds. The molecule has 0 spiro atoms. The molecule has 8 nitrogen and oxygen atoms in total. The molecule has 0 radical (unpaired) electrons. The zero-order valence-corrected chi connectivity index (χ0v) is 20.7. The molecule has 0 aliphatic heterocycles. The van der Waals surface area contributed by atoms with Crippen molar-refractivity contribution >= 4 is 16.8 Å². The average Bonchev–Trinajstić information content (AvgIpc) is 3.32. The molecule has 4 aromatic rings. The van der Waals surface area contributed by atoms with Gasteiger partial charge in [-0.25, -0.2) is 4.98 Å². The van der Waals surface area contributed by atoms with Crippen molar-refractivity contribution in [1.82, 2.24) is 24.8 Å². The highest BCUT2D eigenvalue weighted by molar-refractivity contribution is 5.79. The lowest BCUT2D eigenvalue weighted by Crippen LogP contribution is -2.34. The minimum absolute atomic E-state index is 0.127. The van der Waals surface area contributed by atoms with E-state index in [0.29, 0.717) is 31.1 Å². The topological polar surface area (TPSA) is 102 Å². The van der Waals surface area contributed by atoms with Crippen LogP contribution in [0.3, 0.4) is 0 Å². The zero-order valence-electron chi connectivity index (χ0n) is 20.7. The molecular formula is C28H33N5O3. The summed E-state index contributed by atoms with van der Waals surface area (Å²) in [5, 5.41) is 3.88. The molecule has 0 saturated heterocycles. The van der Waals surface area contributed by atoms with Gasteiger partial charge in [-0.05, 0) is 43.4 Å². The number of unbranched alkanes of at least 4 members (excludes halogenated alkanes) is 2. The Balaban J connectivity index is 1.43. The number of fused-ring (bicyclic) bond motifs is 1. The molecule has 0 bridgehead atoms. The van der Waals surface area contributed by atoms with E-state index in [0.717, 1.165) is 48.7 Å². The van der Waals surface area contributed by atoms with Crippen LogP contribution in [0.15, 0.2) is 65.8 Å². The fraction of sp³-hybridized carbons (Fsp3) is 0.357. The minimum Gasteiger partial charge on any atom is -0.478 e. The summed E-state index contributed by atoms with van der Waals surface area (Å²) < 4.78 is 7.26. The Morgan fingerprint density at radius 3 is 2.75 bits per heavy atom. The van der Waals surface area contributed by atoms with Crippen LogP contribution in [0.5, 0.6) is 5.88 Å². The standard InChI is InChI=1S/C28H33N5O3/c1-2-3-7-15-36-27-19-30-25(12-8-11-21-9-5-4-6-10-21)28(35)33(27)20-26(34)31-18-23-16-22-17-29-14-13-24(22)32-23/h4-6,9-10,13-14,16-17,19,32H,2-3,7-8,11-12,15,18,20H2,1H3,(H,31,34). The number of nitrogens with zero attached hydrogens (tertiary/aromatic N) is 3. The van der Waals surface area contributed by atoms with Gasteiger partial charge in [0.15, 0.2) is 0 Å². The lowest BCUT2D eigenvalue weighted by Gasteiger charge is -2.15. The van der Waals surface area contributed by atoms with E-state index in [2.05, 4.69) is 39.3 Å². The number of benzene rings is 1. The Bertz CT molecular complexity index is 1300. The lowest BCUT2D eigenvalue weighted by atomic mass is 10.1. The third-order valence-corrected chi connectivity index (χ3v) is 6.06. The summed E-state index contributed by atoms with van der Waals surface area (Å²) in [5.74, 6) is 0.0588. The Hall–Kier alpha value is -3.94. The molecule has 188 valence electrons. The van der Waals surface area contributed by atoms with E-state index in [-0.39, 0.29) is 18.0 Å². The van der Waals surface area contributed by atoms with Crippen LogP contribution in [0.4, 0.5) is 0 Å². The van der Waals surface area contributed by atoms with Gasteiger partial charge in [-0.3, -0.25) is 19.1 Å². The molecule has 0 atom stereocenters. The van der Waals surface area contributed by atoms with Gasteiger partial charge in [0.05, 0.1) is 19.3 Å². The number of hydrogen-bond acceptors (Lipinski definition) is 5. The predicted octanol–water partition coefficient (Wildman–Crippen LogP) is 4.18. The molecule has 0 unspecified atom stereocenters. The van der Waals surface area contributed by atoms with E-state index < -0.39 is 0 Å². The molecule has 36 heavy (non-hydrogen) atoms. The van der Waals surface area contributed by atoms with Crippen LogP contribution in [0.2, 0.25) is 0 Å². The molecule has 3 heterocycles. The highest BCUT2D eigenvalue weighted by Gasteiger charge is 2.15. The summed E-state index contributed by atoms with van der Waals surface area (Å²) in [6.07, 6.45) is 10.2. The molecule has 3 aromatic heterocycles. The van der Waals surface area contributed by atoms with Gasteiger partial charge in [0, 0.05) is 29.0 Å². The first-order valence-corrected chi connectivity index (χ1v) is 12.6. The summed E-state index contributed by atoms with van der Waals surface area (Å²) in [6, 6.07) is 14.0. The number of H-pyrrole nitrogens is 1. The number of aromatic amines is 1. The van der Waals surface area contributed by atoms with Gasteiger partial charge < -0.3 is 15.0 Å². The Morgan fingerprint density at radius 2 is 1.94 bits per heavy atom. The molecule has 0 aliphatic carbocycles. The average molecular weight is 488 g/mol. The Labute approximate surface area is 210 Å². The fourth-order valence-electron chi connectivity index (χ4n) is 4.10. The van der Waals surface area contributed by atoms with Crippen LogP contribution in [0, 0.1) is 0 Å². The highest BCUT2D eigenvalue weighted by atomic mass is 16.5. The maximum atomic E-state index is 13.3. The summed E-state index contributed by atoms with van der Waals surface area (Å²) in [4.78, 5) is 37.9. The van der Waals surface area contributed by atoms with Crippen LogP contribution < -0.4 is 15.6 Å². The van der Waals surface area contributed by atoms with E-state index in [4.69, 9.17) is 4.74 Å². The molecule has 4 rings (SSSR count). The smallest absolute Gasteiger partial charge is 0.275 e. The number of carbonyl (C=O) groups is 1. The van der Waals surface area contributed by atoms with Crippen LogP contribution in [-0.4, -0.2) is 32.0 Å². The van der Waals surface area contributed by atoms with Crippen molar-refractivity contribution in [2.24, 2.45) is 0 Å². The van der Waals surface area contributed by atoms with Crippen molar-refractivity contribution in [2.75, 3.05) is 6.61 Å². The third kappa shape index (κ3) is 6.81. The molecule has 0 saturated carbocycles. The number of rotatable bonds is 13. The van der Waals surface area contributed by atoms with E-state index >= 15 is 0 Å². The first-order chi connectivity index (χ1) is 17.6. The van der Waals surface area contributed by atoms with E-state index in [1.54, 1.807) is 18.6 Å².